The van der Waals surface area contributed by atoms with Gasteiger partial charge in [-0.1, -0.05) is 18.2 Å². The van der Waals surface area contributed by atoms with Crippen LogP contribution in [0.1, 0.15) is 21.5 Å². The van der Waals surface area contributed by atoms with Crippen molar-refractivity contribution in [1.82, 2.24) is 4.90 Å². The Morgan fingerprint density at radius 2 is 1.77 bits per heavy atom. The van der Waals surface area contributed by atoms with Crippen LogP contribution in [-0.2, 0) is 11.3 Å². The number of nitrogens with zero attached hydrogens (tertiary/aromatic N) is 2. The summed E-state index contributed by atoms with van der Waals surface area (Å²) in [4.78, 5) is 31.5. The molecule has 0 aromatic heterocycles. The molecule has 35 heavy (non-hydrogen) atoms. The van der Waals surface area contributed by atoms with Crippen molar-refractivity contribution in [1.29, 1.82) is 0 Å². The third-order valence-corrected chi connectivity index (χ3v) is 7.05. The van der Waals surface area contributed by atoms with Crippen LogP contribution in [0.4, 0.5) is 5.69 Å². The highest BCUT2D eigenvalue weighted by Crippen LogP contribution is 2.36. The second-order valence-corrected chi connectivity index (χ2v) is 9.66. The predicted molar refractivity (Wildman–Crippen MR) is 145 cm³/mol. The van der Waals surface area contributed by atoms with Gasteiger partial charge in [0.1, 0.15) is 11.5 Å². The molecule has 9 heteroatoms. The molecular weight excluding hydrogens is 579 g/mol. The number of aliphatic imine (C=N–C) groups is 1. The van der Waals surface area contributed by atoms with Crippen molar-refractivity contribution in [2.75, 3.05) is 14.2 Å². The largest absolute Gasteiger partial charge is 0.497 e. The Hall–Kier alpha value is -3.31. The number of benzene rings is 3. The third-order valence-electron chi connectivity index (χ3n) is 5.20. The number of carboxylic acids is 1. The molecule has 1 amide bonds. The van der Waals surface area contributed by atoms with Crippen LogP contribution in [0, 0.1) is 3.57 Å². The molecule has 0 aliphatic carbocycles. The first-order valence-electron chi connectivity index (χ1n) is 10.5. The van der Waals surface area contributed by atoms with E-state index in [4.69, 9.17) is 19.6 Å². The van der Waals surface area contributed by atoms with E-state index in [9.17, 15) is 9.59 Å². The maximum Gasteiger partial charge on any atom is 0.335 e. The van der Waals surface area contributed by atoms with Crippen LogP contribution < -0.4 is 9.47 Å². The number of amides is 1. The summed E-state index contributed by atoms with van der Waals surface area (Å²) in [5.74, 6) is 0.321. The molecule has 0 spiro atoms. The van der Waals surface area contributed by atoms with Gasteiger partial charge in [-0.3, -0.25) is 9.69 Å². The molecule has 1 saturated heterocycles. The number of hydrogen-bond donors (Lipinski definition) is 1. The zero-order valence-electron chi connectivity index (χ0n) is 18.9. The number of rotatable bonds is 7. The van der Waals surface area contributed by atoms with Crippen molar-refractivity contribution < 1.29 is 24.2 Å². The molecule has 4 rings (SSSR count). The van der Waals surface area contributed by atoms with Crippen LogP contribution >= 0.6 is 34.4 Å². The molecule has 0 unspecified atom stereocenters. The van der Waals surface area contributed by atoms with Gasteiger partial charge in [-0.2, -0.15) is 0 Å². The van der Waals surface area contributed by atoms with E-state index in [1.807, 2.05) is 48.5 Å². The second kappa shape index (κ2) is 11.0. The van der Waals surface area contributed by atoms with Gasteiger partial charge in [-0.15, -0.1) is 0 Å². The Labute approximate surface area is 220 Å². The van der Waals surface area contributed by atoms with Crippen LogP contribution in [-0.4, -0.2) is 41.3 Å². The molecule has 1 heterocycles. The minimum absolute atomic E-state index is 0.171. The summed E-state index contributed by atoms with van der Waals surface area (Å²) in [5, 5.41) is 9.70. The number of aromatic carboxylic acids is 1. The number of ether oxygens (including phenoxy) is 2. The monoisotopic (exact) mass is 600 g/mol. The molecule has 3 aromatic carbocycles. The topological polar surface area (TPSA) is 88.4 Å². The van der Waals surface area contributed by atoms with Gasteiger partial charge in [-0.25, -0.2) is 9.79 Å². The lowest BCUT2D eigenvalue weighted by atomic mass is 10.1. The molecule has 1 aliphatic heterocycles. The fraction of sp³-hybridized carbons (Fsp3) is 0.115. The summed E-state index contributed by atoms with van der Waals surface area (Å²) in [5.41, 5.74) is 2.55. The summed E-state index contributed by atoms with van der Waals surface area (Å²) in [7, 11) is 3.22. The van der Waals surface area contributed by atoms with Crippen molar-refractivity contribution in [2.24, 2.45) is 4.99 Å². The molecule has 0 saturated carbocycles. The van der Waals surface area contributed by atoms with E-state index >= 15 is 0 Å². The quantitative estimate of drug-likeness (QED) is 0.272. The summed E-state index contributed by atoms with van der Waals surface area (Å²) in [6.07, 6.45) is 1.84. The molecule has 1 aliphatic rings. The number of carbonyl (C=O) groups excluding carboxylic acids is 1. The van der Waals surface area contributed by atoms with Gasteiger partial charge in [0, 0.05) is 0 Å². The first-order valence-corrected chi connectivity index (χ1v) is 12.4. The van der Waals surface area contributed by atoms with Crippen LogP contribution in [0.5, 0.6) is 11.5 Å². The minimum Gasteiger partial charge on any atom is -0.497 e. The van der Waals surface area contributed by atoms with Gasteiger partial charge in [-0.05, 0) is 100 Å². The van der Waals surface area contributed by atoms with E-state index in [-0.39, 0.29) is 18.0 Å². The molecular formula is C26H21IN2O5S. The average Bonchev–Trinajstić information content (AvgIpc) is 3.13. The maximum absolute atomic E-state index is 13.4. The van der Waals surface area contributed by atoms with Crippen molar-refractivity contribution in [3.05, 3.63) is 91.9 Å². The van der Waals surface area contributed by atoms with Crippen LogP contribution in [0.3, 0.4) is 0 Å². The lowest BCUT2D eigenvalue weighted by Gasteiger charge is -2.16. The first-order chi connectivity index (χ1) is 16.9. The number of hydrogen-bond acceptors (Lipinski definition) is 6. The van der Waals surface area contributed by atoms with Gasteiger partial charge in [0.05, 0.1) is 40.5 Å². The lowest BCUT2D eigenvalue weighted by Crippen LogP contribution is -2.28. The number of thioether (sulfide) groups is 1. The maximum atomic E-state index is 13.4. The number of methoxy groups -OCH3 is 2. The molecule has 3 aromatic rings. The van der Waals surface area contributed by atoms with Gasteiger partial charge in [0.15, 0.2) is 5.17 Å². The van der Waals surface area contributed by atoms with Crippen molar-refractivity contribution in [3.8, 4) is 11.5 Å². The fourth-order valence-corrected chi connectivity index (χ4v) is 5.11. The van der Waals surface area contributed by atoms with Crippen LogP contribution in [0.25, 0.3) is 6.08 Å². The average molecular weight is 600 g/mol. The van der Waals surface area contributed by atoms with E-state index in [2.05, 4.69) is 22.6 Å². The number of amidine groups is 1. The Bertz CT molecular complexity index is 1320. The fourth-order valence-electron chi connectivity index (χ4n) is 3.36. The van der Waals surface area contributed by atoms with Crippen LogP contribution in [0.2, 0.25) is 0 Å². The van der Waals surface area contributed by atoms with Gasteiger partial charge in [0.2, 0.25) is 0 Å². The van der Waals surface area contributed by atoms with Gasteiger partial charge >= 0.3 is 5.97 Å². The summed E-state index contributed by atoms with van der Waals surface area (Å²) < 4.78 is 11.5. The lowest BCUT2D eigenvalue weighted by molar-refractivity contribution is -0.122. The van der Waals surface area contributed by atoms with Gasteiger partial charge < -0.3 is 14.6 Å². The zero-order chi connectivity index (χ0) is 24.9. The Balaban J connectivity index is 1.68. The third kappa shape index (κ3) is 5.85. The Morgan fingerprint density at radius 3 is 2.37 bits per heavy atom. The summed E-state index contributed by atoms with van der Waals surface area (Å²) >= 11 is 3.49. The highest BCUT2D eigenvalue weighted by molar-refractivity contribution is 14.1. The van der Waals surface area contributed by atoms with E-state index in [0.29, 0.717) is 21.5 Å². The Morgan fingerprint density at radius 1 is 1.06 bits per heavy atom. The normalized spacial score (nSPS) is 15.6. The van der Waals surface area contributed by atoms with Crippen LogP contribution in [0.15, 0.2) is 76.6 Å². The summed E-state index contributed by atoms with van der Waals surface area (Å²) in [6.45, 7) is 0.262. The first kappa shape index (κ1) is 24.8. The molecule has 0 bridgehead atoms. The van der Waals surface area contributed by atoms with E-state index < -0.39 is 5.97 Å². The van der Waals surface area contributed by atoms with Crippen molar-refractivity contribution >= 4 is 63.2 Å². The molecule has 0 atom stereocenters. The smallest absolute Gasteiger partial charge is 0.335 e. The van der Waals surface area contributed by atoms with Crippen molar-refractivity contribution in [3.63, 3.8) is 0 Å². The predicted octanol–water partition coefficient (Wildman–Crippen LogP) is 5.81. The SMILES string of the molecule is COc1ccc(N=C2S/C(=C\c3ccc(OC)c(I)c3)C(=O)N2Cc2ccc(C(=O)O)cc2)cc1. The Kier molecular flexibility index (Phi) is 7.76. The standard InChI is InChI=1S/C26H21IN2O5S/c1-33-20-10-8-19(9-11-20)28-26-29(15-16-3-6-18(7-4-16)25(31)32)24(30)23(35-26)14-17-5-12-22(34-2)21(27)13-17/h3-14H,15H2,1-2H3,(H,31,32)/b23-14-,28-26?. The van der Waals surface area contributed by atoms with Gasteiger partial charge in [0.25, 0.3) is 5.91 Å². The number of carbonyl (C=O) groups is 2. The zero-order valence-corrected chi connectivity index (χ0v) is 21.9. The number of halogens is 1. The van der Waals surface area contributed by atoms with E-state index in [0.717, 1.165) is 20.4 Å². The molecule has 178 valence electrons. The summed E-state index contributed by atoms with van der Waals surface area (Å²) in [6, 6.07) is 19.5. The number of carboxylic acid groups (broad SMARTS) is 1. The van der Waals surface area contributed by atoms with E-state index in [1.54, 1.807) is 31.3 Å². The molecule has 0 radical (unpaired) electrons. The highest BCUT2D eigenvalue weighted by atomic mass is 127. The molecule has 7 nitrogen and oxygen atoms in total. The minimum atomic E-state index is -0.995. The van der Waals surface area contributed by atoms with Crippen molar-refractivity contribution in [2.45, 2.75) is 6.54 Å². The van der Waals surface area contributed by atoms with E-state index in [1.165, 1.54) is 23.9 Å². The molecule has 1 N–H and O–H groups in total. The highest BCUT2D eigenvalue weighted by Gasteiger charge is 2.33. The second-order valence-electron chi connectivity index (χ2n) is 7.49. The molecule has 1 fully saturated rings.